The van der Waals surface area contributed by atoms with Crippen LogP contribution in [0, 0.1) is 0 Å². The van der Waals surface area contributed by atoms with E-state index in [2.05, 4.69) is 4.98 Å². The molecule has 0 saturated heterocycles. The first-order valence-corrected chi connectivity index (χ1v) is 6.63. The van der Waals surface area contributed by atoms with Gasteiger partial charge in [0.05, 0.1) is 29.0 Å². The van der Waals surface area contributed by atoms with Crippen LogP contribution in [0.25, 0.3) is 10.9 Å². The number of anilines is 1. The highest BCUT2D eigenvalue weighted by Gasteiger charge is 2.31. The van der Waals surface area contributed by atoms with Crippen LogP contribution >= 0.6 is 0 Å². The second-order valence-corrected chi connectivity index (χ2v) is 4.94. The third kappa shape index (κ3) is 1.66. The number of nitrogen functional groups attached to an aromatic ring is 1. The fraction of sp³-hybridized carbons (Fsp3) is 0.267. The topological polar surface area (TPSA) is 76.3 Å². The summed E-state index contributed by atoms with van der Waals surface area (Å²) in [5, 5.41) is 0.667. The molecule has 1 amide bonds. The number of para-hydroxylation sites is 1. The number of fused-ring (bicyclic) bond motifs is 2. The molecular formula is C15H15N3O2. The predicted octanol–water partition coefficient (Wildman–Crippen LogP) is 2.00. The molecule has 2 N–H and O–H groups in total. The predicted molar refractivity (Wildman–Crippen MR) is 76.6 cm³/mol. The van der Waals surface area contributed by atoms with Crippen molar-refractivity contribution < 1.29 is 9.59 Å². The van der Waals surface area contributed by atoms with Crippen LogP contribution in [0.2, 0.25) is 0 Å². The maximum Gasteiger partial charge on any atom is 0.258 e. The van der Waals surface area contributed by atoms with E-state index in [-0.39, 0.29) is 5.91 Å². The van der Waals surface area contributed by atoms with Gasteiger partial charge in [-0.1, -0.05) is 19.1 Å². The molecule has 1 aliphatic rings. The highest BCUT2D eigenvalue weighted by Crippen LogP contribution is 2.33. The SMILES string of the molecule is CCCN1Cc2nc3c(C=O)cccc3c(N)c2C1=O. The molecule has 2 heterocycles. The fourth-order valence-electron chi connectivity index (χ4n) is 2.69. The molecule has 0 aliphatic carbocycles. The summed E-state index contributed by atoms with van der Waals surface area (Å²) in [6.45, 7) is 3.18. The summed E-state index contributed by atoms with van der Waals surface area (Å²) in [4.78, 5) is 29.7. The number of hydrogen-bond donors (Lipinski definition) is 1. The molecule has 0 bridgehead atoms. The Hall–Kier alpha value is -2.43. The molecule has 0 fully saturated rings. The minimum atomic E-state index is -0.0646. The van der Waals surface area contributed by atoms with Crippen molar-refractivity contribution in [3.63, 3.8) is 0 Å². The molecular weight excluding hydrogens is 254 g/mol. The summed E-state index contributed by atoms with van der Waals surface area (Å²) < 4.78 is 0. The van der Waals surface area contributed by atoms with Gasteiger partial charge in [-0.3, -0.25) is 9.59 Å². The van der Waals surface area contributed by atoms with E-state index < -0.39 is 0 Å². The van der Waals surface area contributed by atoms with Gasteiger partial charge in [-0.25, -0.2) is 4.98 Å². The van der Waals surface area contributed by atoms with E-state index in [4.69, 9.17) is 5.73 Å². The minimum Gasteiger partial charge on any atom is -0.397 e. The molecule has 1 aliphatic heterocycles. The van der Waals surface area contributed by atoms with Gasteiger partial charge in [-0.2, -0.15) is 0 Å². The van der Waals surface area contributed by atoms with Crippen LogP contribution < -0.4 is 5.73 Å². The minimum absolute atomic E-state index is 0.0646. The molecule has 3 rings (SSSR count). The lowest BCUT2D eigenvalue weighted by Gasteiger charge is -2.13. The van der Waals surface area contributed by atoms with Crippen LogP contribution in [0.4, 0.5) is 5.69 Å². The molecule has 1 aromatic heterocycles. The molecule has 2 aromatic rings. The van der Waals surface area contributed by atoms with Gasteiger partial charge < -0.3 is 10.6 Å². The van der Waals surface area contributed by atoms with Gasteiger partial charge in [0, 0.05) is 17.5 Å². The van der Waals surface area contributed by atoms with E-state index in [0.29, 0.717) is 46.5 Å². The molecule has 0 atom stereocenters. The maximum atomic E-state index is 12.3. The molecule has 0 radical (unpaired) electrons. The molecule has 20 heavy (non-hydrogen) atoms. The van der Waals surface area contributed by atoms with Crippen LogP contribution in [-0.2, 0) is 6.54 Å². The van der Waals surface area contributed by atoms with Crippen molar-refractivity contribution in [2.24, 2.45) is 0 Å². The van der Waals surface area contributed by atoms with Gasteiger partial charge in [-0.15, -0.1) is 0 Å². The Labute approximate surface area is 116 Å². The van der Waals surface area contributed by atoms with Crippen LogP contribution in [0.5, 0.6) is 0 Å². The summed E-state index contributed by atoms with van der Waals surface area (Å²) in [6.07, 6.45) is 1.65. The average Bonchev–Trinajstić information content (AvgIpc) is 2.76. The highest BCUT2D eigenvalue weighted by molar-refractivity contribution is 6.11. The largest absolute Gasteiger partial charge is 0.397 e. The second-order valence-electron chi connectivity index (χ2n) is 4.94. The van der Waals surface area contributed by atoms with Gasteiger partial charge in [-0.05, 0) is 12.5 Å². The van der Waals surface area contributed by atoms with Crippen molar-refractivity contribution in [2.45, 2.75) is 19.9 Å². The zero-order valence-electron chi connectivity index (χ0n) is 11.2. The summed E-state index contributed by atoms with van der Waals surface area (Å²) >= 11 is 0. The third-order valence-corrected chi connectivity index (χ3v) is 3.62. The van der Waals surface area contributed by atoms with Crippen molar-refractivity contribution in [2.75, 3.05) is 12.3 Å². The van der Waals surface area contributed by atoms with Crippen LogP contribution in [0.3, 0.4) is 0 Å². The number of aromatic nitrogens is 1. The lowest BCUT2D eigenvalue weighted by atomic mass is 10.0. The van der Waals surface area contributed by atoms with Crippen LogP contribution in [0.15, 0.2) is 18.2 Å². The maximum absolute atomic E-state index is 12.3. The van der Waals surface area contributed by atoms with E-state index in [1.54, 1.807) is 23.1 Å². The van der Waals surface area contributed by atoms with Crippen LogP contribution in [-0.4, -0.2) is 28.6 Å². The van der Waals surface area contributed by atoms with E-state index in [1.165, 1.54) is 0 Å². The highest BCUT2D eigenvalue weighted by atomic mass is 16.2. The lowest BCUT2D eigenvalue weighted by molar-refractivity contribution is 0.0779. The van der Waals surface area contributed by atoms with Crippen molar-refractivity contribution in [3.8, 4) is 0 Å². The molecule has 1 aromatic carbocycles. The monoisotopic (exact) mass is 269 g/mol. The number of pyridine rings is 1. The summed E-state index contributed by atoms with van der Waals surface area (Å²) in [6, 6.07) is 5.25. The molecule has 0 unspecified atom stereocenters. The van der Waals surface area contributed by atoms with Crippen LogP contribution in [0.1, 0.15) is 39.8 Å². The fourth-order valence-corrected chi connectivity index (χ4v) is 2.69. The van der Waals surface area contributed by atoms with Crippen molar-refractivity contribution in [3.05, 3.63) is 35.0 Å². The smallest absolute Gasteiger partial charge is 0.258 e. The summed E-state index contributed by atoms with van der Waals surface area (Å²) in [5.41, 5.74) is 8.80. The number of rotatable bonds is 3. The van der Waals surface area contributed by atoms with Gasteiger partial charge in [0.1, 0.15) is 0 Å². The van der Waals surface area contributed by atoms with Gasteiger partial charge in [0.2, 0.25) is 0 Å². The van der Waals surface area contributed by atoms with Gasteiger partial charge in [0.25, 0.3) is 5.91 Å². The quantitative estimate of drug-likeness (QED) is 0.864. The third-order valence-electron chi connectivity index (χ3n) is 3.62. The van der Waals surface area contributed by atoms with Crippen molar-refractivity contribution >= 4 is 28.8 Å². The summed E-state index contributed by atoms with van der Waals surface area (Å²) in [5.74, 6) is -0.0646. The van der Waals surface area contributed by atoms with Gasteiger partial charge >= 0.3 is 0 Å². The number of nitrogens with two attached hydrogens (primary N) is 1. The zero-order valence-corrected chi connectivity index (χ0v) is 11.2. The number of amides is 1. The Morgan fingerprint density at radius 2 is 2.25 bits per heavy atom. The normalized spacial score (nSPS) is 13.8. The molecule has 0 spiro atoms. The van der Waals surface area contributed by atoms with E-state index in [9.17, 15) is 9.59 Å². The number of aldehydes is 1. The lowest BCUT2D eigenvalue weighted by Crippen LogP contribution is -2.24. The Morgan fingerprint density at radius 1 is 1.45 bits per heavy atom. The molecule has 5 nitrogen and oxygen atoms in total. The number of hydrogen-bond acceptors (Lipinski definition) is 4. The standard InChI is InChI=1S/C15H15N3O2/c1-2-6-18-7-11-12(15(18)20)13(16)10-5-3-4-9(8-19)14(10)17-11/h3-5,8H,2,6-7H2,1H3,(H2,16,17). The van der Waals surface area contributed by atoms with Crippen molar-refractivity contribution in [1.29, 1.82) is 0 Å². The second kappa shape index (κ2) is 4.59. The first-order valence-electron chi connectivity index (χ1n) is 6.63. The van der Waals surface area contributed by atoms with E-state index in [1.807, 2.05) is 6.92 Å². The summed E-state index contributed by atoms with van der Waals surface area (Å²) in [7, 11) is 0. The molecule has 5 heteroatoms. The number of carbonyl (C=O) groups is 2. The number of nitrogens with zero attached hydrogens (tertiary/aromatic N) is 2. The Balaban J connectivity index is 2.25. The van der Waals surface area contributed by atoms with Crippen molar-refractivity contribution in [1.82, 2.24) is 9.88 Å². The first kappa shape index (κ1) is 12.6. The molecule has 0 saturated carbocycles. The zero-order chi connectivity index (χ0) is 14.3. The first-order chi connectivity index (χ1) is 9.67. The van der Waals surface area contributed by atoms with Gasteiger partial charge in [0.15, 0.2) is 6.29 Å². The Bertz CT molecular complexity index is 725. The number of carbonyl (C=O) groups excluding carboxylic acids is 2. The Kier molecular flexibility index (Phi) is 2.89. The Morgan fingerprint density at radius 3 is 2.95 bits per heavy atom. The average molecular weight is 269 g/mol. The van der Waals surface area contributed by atoms with E-state index >= 15 is 0 Å². The number of benzene rings is 1. The molecule has 102 valence electrons. The van der Waals surface area contributed by atoms with E-state index in [0.717, 1.165) is 12.7 Å².